The molecule has 1 aliphatic heterocycles. The van der Waals surface area contributed by atoms with Crippen molar-refractivity contribution in [3.8, 4) is 0 Å². The lowest BCUT2D eigenvalue weighted by Gasteiger charge is -2.49. The molecule has 0 unspecified atom stereocenters. The van der Waals surface area contributed by atoms with Crippen LogP contribution in [0.25, 0.3) is 0 Å². The van der Waals surface area contributed by atoms with E-state index >= 15 is 0 Å². The summed E-state index contributed by atoms with van der Waals surface area (Å²) in [5.41, 5.74) is -17.3. The predicted molar refractivity (Wildman–Crippen MR) is 115 cm³/mol. The quantitative estimate of drug-likeness (QED) is 0.214. The van der Waals surface area contributed by atoms with Gasteiger partial charge in [0.25, 0.3) is 0 Å². The molecule has 252 valence electrons. The number of hydrogen-bond acceptors (Lipinski definition) is 9. The molecule has 0 aromatic rings. The second-order valence-corrected chi connectivity index (χ2v) is 18.3. The largest absolute Gasteiger partial charge is 0.470 e. The fourth-order valence-corrected chi connectivity index (χ4v) is 11.4. The molecule has 0 aliphatic carbocycles. The Balaban J connectivity index is 3.89. The standard InChI is InChI=1S/C16H20F12NO9S4/c1-10(2)6-8(7-11(3,4)29(10)5)38-42(36,37)14(21,22)12(17,18)13(19,20)39(30,31)9(40(32,33)15(23,24)25)41(34,35)16(26,27)28/h8H,6-7H2,1-5H3/q-1/p+1. The summed E-state index contributed by atoms with van der Waals surface area (Å²) in [7, 11) is -32.7. The van der Waals surface area contributed by atoms with Gasteiger partial charge in [-0.3, -0.25) is 29.4 Å². The molecular formula is C16H21F12NO9S4. The van der Waals surface area contributed by atoms with Crippen LogP contribution in [0.15, 0.2) is 0 Å². The third-order valence-electron chi connectivity index (χ3n) is 6.42. The molecule has 1 N–H and O–H groups in total. The summed E-state index contributed by atoms with van der Waals surface area (Å²) in [6.07, 6.45) is -3.19. The Bertz CT molecular complexity index is 1440. The first-order valence-corrected chi connectivity index (χ1v) is 16.3. The maximum absolute atomic E-state index is 14.6. The molecule has 0 radical (unpaired) electrons. The van der Waals surface area contributed by atoms with Gasteiger partial charge in [0.05, 0.1) is 28.1 Å². The van der Waals surface area contributed by atoms with E-state index in [1.807, 2.05) is 0 Å². The molecule has 1 fully saturated rings. The molecule has 0 atom stereocenters. The molecule has 1 heterocycles. The number of nitrogens with one attached hydrogen (secondary N) is 1. The Morgan fingerprint density at radius 2 is 0.929 bits per heavy atom. The van der Waals surface area contributed by atoms with Crippen molar-refractivity contribution in [3.05, 3.63) is 3.91 Å². The van der Waals surface area contributed by atoms with E-state index in [9.17, 15) is 86.4 Å². The molecular weight excluding hydrogens is 706 g/mol. The minimum atomic E-state index is -9.25. The Kier molecular flexibility index (Phi) is 9.45. The Hall–Kier alpha value is -1.12. The van der Waals surface area contributed by atoms with Crippen molar-refractivity contribution in [3.63, 3.8) is 0 Å². The molecule has 26 heteroatoms. The lowest BCUT2D eigenvalue weighted by atomic mass is 9.79. The average molecular weight is 728 g/mol. The highest BCUT2D eigenvalue weighted by atomic mass is 32.3. The molecule has 1 rings (SSSR count). The van der Waals surface area contributed by atoms with E-state index in [0.717, 1.165) is 0 Å². The second kappa shape index (κ2) is 10.2. The fraction of sp³-hybridized carbons (Fsp3) is 0.938. The number of alkyl halides is 12. The van der Waals surface area contributed by atoms with Crippen LogP contribution in [0.5, 0.6) is 0 Å². The molecule has 10 nitrogen and oxygen atoms in total. The summed E-state index contributed by atoms with van der Waals surface area (Å²) in [5, 5.41) is -15.9. The first kappa shape index (κ1) is 38.9. The second-order valence-electron chi connectivity index (χ2n) is 10.2. The van der Waals surface area contributed by atoms with Gasteiger partial charge >= 0.3 is 37.6 Å². The van der Waals surface area contributed by atoms with Gasteiger partial charge in [-0.2, -0.15) is 61.1 Å². The SMILES string of the molecule is C[NH+]1C(C)(C)CC(OS(=O)(=O)C(F)(F)C(F)(F)C(F)(F)S(=O)(=O)[C-](S(=O)(=O)C(F)(F)F)S(=O)(=O)C(F)(F)F)CC1(C)C. The van der Waals surface area contributed by atoms with Crippen molar-refractivity contribution in [2.24, 2.45) is 0 Å². The van der Waals surface area contributed by atoms with Crippen molar-refractivity contribution in [2.45, 2.75) is 85.2 Å². The summed E-state index contributed by atoms with van der Waals surface area (Å²) in [4.78, 5) is 0.585. The first-order valence-electron chi connectivity index (χ1n) is 10.5. The zero-order valence-corrected chi connectivity index (χ0v) is 24.6. The van der Waals surface area contributed by atoms with E-state index in [1.54, 1.807) is 0 Å². The number of likely N-dealkylation sites (tertiary alicyclic amines) is 1. The van der Waals surface area contributed by atoms with Crippen LogP contribution in [-0.4, -0.2) is 85.3 Å². The van der Waals surface area contributed by atoms with E-state index in [1.165, 1.54) is 34.7 Å². The van der Waals surface area contributed by atoms with Gasteiger partial charge in [0.2, 0.25) is 0 Å². The summed E-state index contributed by atoms with van der Waals surface area (Å²) in [5.74, 6) is -8.17. The summed E-state index contributed by atoms with van der Waals surface area (Å²) in [6.45, 7) is 5.55. The van der Waals surface area contributed by atoms with Gasteiger partial charge in [-0.15, -0.1) is 0 Å². The zero-order valence-electron chi connectivity index (χ0n) is 21.3. The van der Waals surface area contributed by atoms with Crippen LogP contribution in [0, 0.1) is 3.91 Å². The van der Waals surface area contributed by atoms with Gasteiger partial charge in [0.15, 0.2) is 19.7 Å². The number of sulfone groups is 3. The summed E-state index contributed by atoms with van der Waals surface area (Å²) in [6, 6.07) is 0. The van der Waals surface area contributed by atoms with Crippen molar-refractivity contribution in [1.29, 1.82) is 0 Å². The number of piperidine rings is 1. The smallest absolute Gasteiger partial charge is 0.328 e. The van der Waals surface area contributed by atoms with Gasteiger partial charge in [0, 0.05) is 12.8 Å². The van der Waals surface area contributed by atoms with Gasteiger partial charge in [-0.1, -0.05) is 0 Å². The van der Waals surface area contributed by atoms with Crippen LogP contribution in [0.1, 0.15) is 40.5 Å². The highest BCUT2D eigenvalue weighted by molar-refractivity contribution is 8.29. The third kappa shape index (κ3) is 5.82. The Labute approximate surface area is 231 Å². The van der Waals surface area contributed by atoms with Crippen LogP contribution in [0.3, 0.4) is 0 Å². The van der Waals surface area contributed by atoms with Gasteiger partial charge < -0.3 is 4.90 Å². The Morgan fingerprint density at radius 3 is 1.21 bits per heavy atom. The molecule has 0 aromatic heterocycles. The van der Waals surface area contributed by atoms with Gasteiger partial charge in [-0.05, 0) is 27.7 Å². The fourth-order valence-electron chi connectivity index (χ4n) is 3.96. The number of hydrogen-bond donors (Lipinski definition) is 1. The first-order chi connectivity index (χ1) is 17.8. The predicted octanol–water partition coefficient (Wildman–Crippen LogP) is 2.12. The van der Waals surface area contributed by atoms with Crippen LogP contribution < -0.4 is 4.90 Å². The topological polar surface area (TPSA) is 150 Å². The summed E-state index contributed by atoms with van der Waals surface area (Å²) < 4.78 is 257. The van der Waals surface area contributed by atoms with Crippen molar-refractivity contribution >= 4 is 39.6 Å². The molecule has 0 bridgehead atoms. The lowest BCUT2D eigenvalue weighted by Crippen LogP contribution is -3.24. The molecule has 1 aliphatic rings. The Morgan fingerprint density at radius 1 is 0.619 bits per heavy atom. The lowest BCUT2D eigenvalue weighted by molar-refractivity contribution is -0.983. The van der Waals surface area contributed by atoms with Crippen LogP contribution in [0.2, 0.25) is 0 Å². The van der Waals surface area contributed by atoms with E-state index < -0.39 is 101 Å². The van der Waals surface area contributed by atoms with Crippen LogP contribution >= 0.6 is 0 Å². The molecule has 42 heavy (non-hydrogen) atoms. The van der Waals surface area contributed by atoms with Crippen molar-refractivity contribution in [1.82, 2.24) is 0 Å². The highest BCUT2D eigenvalue weighted by Gasteiger charge is 2.83. The molecule has 0 spiro atoms. The maximum atomic E-state index is 14.6. The van der Waals surface area contributed by atoms with E-state index in [0.29, 0.717) is 4.90 Å². The maximum Gasteiger partial charge on any atom is 0.470 e. The normalized spacial score (nSPS) is 23.7. The number of quaternary nitrogens is 1. The van der Waals surface area contributed by atoms with Crippen LogP contribution in [-0.2, 0) is 43.8 Å². The van der Waals surface area contributed by atoms with Crippen molar-refractivity contribution in [2.75, 3.05) is 7.05 Å². The van der Waals surface area contributed by atoms with E-state index in [4.69, 9.17) is 0 Å². The average Bonchev–Trinajstić information content (AvgIpc) is 2.68. The molecule has 0 amide bonds. The number of rotatable bonds is 9. The van der Waals surface area contributed by atoms with E-state index in [-0.39, 0.29) is 0 Å². The van der Waals surface area contributed by atoms with E-state index in [2.05, 4.69) is 4.18 Å². The molecule has 0 aromatic carbocycles. The monoisotopic (exact) mass is 727 g/mol. The van der Waals surface area contributed by atoms with Gasteiger partial charge in [0.1, 0.15) is 9.84 Å². The minimum absolute atomic E-state index is 0.580. The molecule has 0 saturated carbocycles. The highest BCUT2D eigenvalue weighted by Crippen LogP contribution is 2.56. The van der Waals surface area contributed by atoms with Gasteiger partial charge in [-0.25, -0.2) is 0 Å². The summed E-state index contributed by atoms with van der Waals surface area (Å²) >= 11 is 0. The zero-order chi connectivity index (χ0) is 34.4. The molecule has 1 saturated heterocycles. The number of halogens is 12. The van der Waals surface area contributed by atoms with Crippen LogP contribution in [0.4, 0.5) is 52.7 Å². The minimum Gasteiger partial charge on any atom is -0.328 e. The van der Waals surface area contributed by atoms with Crippen molar-refractivity contribution < 1.29 is 95.4 Å². The third-order valence-corrected chi connectivity index (χ3v) is 15.2.